The molecule has 1 N–H and O–H groups in total. The van der Waals surface area contributed by atoms with Crippen molar-refractivity contribution in [3.63, 3.8) is 0 Å². The van der Waals surface area contributed by atoms with Crippen molar-refractivity contribution in [3.8, 4) is 17.2 Å². The van der Waals surface area contributed by atoms with Gasteiger partial charge in [0.05, 0.1) is 41.8 Å². The first-order valence-electron chi connectivity index (χ1n) is 11.3. The van der Waals surface area contributed by atoms with Crippen LogP contribution in [0.15, 0.2) is 55.0 Å². The van der Waals surface area contributed by atoms with Crippen molar-refractivity contribution in [3.05, 3.63) is 86.8 Å². The van der Waals surface area contributed by atoms with Crippen LogP contribution in [-0.4, -0.2) is 39.8 Å². The Morgan fingerprint density at radius 1 is 1.17 bits per heavy atom. The Balaban J connectivity index is 1.58. The number of carboxylic acids is 1. The number of halogens is 1. The predicted molar refractivity (Wildman–Crippen MR) is 142 cm³/mol. The summed E-state index contributed by atoms with van der Waals surface area (Å²) >= 11 is 9.83. The molecule has 5 rings (SSSR count). The van der Waals surface area contributed by atoms with Crippen LogP contribution in [0.3, 0.4) is 0 Å². The second-order valence-electron chi connectivity index (χ2n) is 8.26. The van der Waals surface area contributed by atoms with Crippen molar-refractivity contribution in [2.45, 2.75) is 29.8 Å². The highest BCUT2D eigenvalue weighted by Crippen LogP contribution is 2.53. The maximum atomic E-state index is 11.0. The van der Waals surface area contributed by atoms with Crippen molar-refractivity contribution in [2.75, 3.05) is 14.2 Å². The van der Waals surface area contributed by atoms with Gasteiger partial charge in [-0.05, 0) is 36.2 Å². The number of carbonyl (C=O) groups is 1. The molecule has 0 bridgehead atoms. The van der Waals surface area contributed by atoms with Gasteiger partial charge in [0.1, 0.15) is 5.82 Å². The van der Waals surface area contributed by atoms with Gasteiger partial charge in [-0.15, -0.1) is 23.1 Å². The highest BCUT2D eigenvalue weighted by molar-refractivity contribution is 8.00. The van der Waals surface area contributed by atoms with E-state index in [0.717, 1.165) is 32.5 Å². The van der Waals surface area contributed by atoms with Crippen LogP contribution < -0.4 is 9.47 Å². The van der Waals surface area contributed by atoms with Gasteiger partial charge in [0, 0.05) is 40.5 Å². The molecule has 0 aliphatic carbocycles. The lowest BCUT2D eigenvalue weighted by atomic mass is 10.0. The highest BCUT2D eigenvalue weighted by atomic mass is 35.5. The Bertz CT molecular complexity index is 1400. The number of para-hydroxylation sites is 1. The number of hydrogen-bond donors (Lipinski definition) is 1. The average Bonchev–Trinajstić information content (AvgIpc) is 3.52. The molecule has 1 aliphatic heterocycles. The van der Waals surface area contributed by atoms with Crippen molar-refractivity contribution >= 4 is 40.7 Å². The summed E-state index contributed by atoms with van der Waals surface area (Å²) < 4.78 is 13.5. The van der Waals surface area contributed by atoms with Gasteiger partial charge in [0.2, 0.25) is 0 Å². The van der Waals surface area contributed by atoms with Gasteiger partial charge in [-0.1, -0.05) is 23.7 Å². The summed E-state index contributed by atoms with van der Waals surface area (Å²) in [6, 6.07) is 11.8. The van der Waals surface area contributed by atoms with Crippen molar-refractivity contribution in [1.82, 2.24) is 14.5 Å². The molecule has 7 nitrogen and oxygen atoms in total. The first-order valence-corrected chi connectivity index (χ1v) is 13.5. The van der Waals surface area contributed by atoms with E-state index in [1.165, 1.54) is 0 Å². The molecular weight excluding hydrogens is 518 g/mol. The maximum absolute atomic E-state index is 11.0. The zero-order chi connectivity index (χ0) is 25.2. The van der Waals surface area contributed by atoms with Crippen LogP contribution in [-0.2, 0) is 17.6 Å². The highest BCUT2D eigenvalue weighted by Gasteiger charge is 2.34. The third-order valence-electron chi connectivity index (χ3n) is 6.05. The molecular formula is C26H24ClN3O4S2. The van der Waals surface area contributed by atoms with Gasteiger partial charge in [-0.2, -0.15) is 0 Å². The summed E-state index contributed by atoms with van der Waals surface area (Å²) in [4.78, 5) is 21.3. The van der Waals surface area contributed by atoms with Crippen molar-refractivity contribution in [2.24, 2.45) is 0 Å². The summed E-state index contributed by atoms with van der Waals surface area (Å²) in [5.41, 5.74) is 3.06. The third kappa shape index (κ3) is 4.83. The van der Waals surface area contributed by atoms with Gasteiger partial charge >= 0.3 is 5.97 Å². The van der Waals surface area contributed by atoms with E-state index in [1.807, 2.05) is 42.7 Å². The van der Waals surface area contributed by atoms with Gasteiger partial charge in [-0.3, -0.25) is 4.79 Å². The minimum absolute atomic E-state index is 0.0226. The van der Waals surface area contributed by atoms with E-state index >= 15 is 0 Å². The van der Waals surface area contributed by atoms with Crippen LogP contribution >= 0.6 is 34.7 Å². The number of ether oxygens (including phenoxy) is 2. The van der Waals surface area contributed by atoms with Gasteiger partial charge in [0.25, 0.3) is 0 Å². The van der Waals surface area contributed by atoms with Crippen LogP contribution in [0.25, 0.3) is 5.69 Å². The molecule has 0 saturated heterocycles. The number of rotatable bonds is 8. The van der Waals surface area contributed by atoms with Crippen LogP contribution in [0.2, 0.25) is 5.02 Å². The van der Waals surface area contributed by atoms with Crippen LogP contribution in [0.4, 0.5) is 0 Å². The van der Waals surface area contributed by atoms with Gasteiger partial charge in [-0.25, -0.2) is 9.97 Å². The zero-order valence-electron chi connectivity index (χ0n) is 19.7. The Morgan fingerprint density at radius 3 is 2.81 bits per heavy atom. The largest absolute Gasteiger partial charge is 0.493 e. The number of methoxy groups -OCH3 is 2. The molecule has 0 fully saturated rings. The quantitative estimate of drug-likeness (QED) is 0.287. The van der Waals surface area contributed by atoms with Crippen molar-refractivity contribution < 1.29 is 19.4 Å². The fraction of sp³-hybridized carbons (Fsp3) is 0.269. The summed E-state index contributed by atoms with van der Waals surface area (Å²) in [5, 5.41) is 10.5. The van der Waals surface area contributed by atoms with E-state index in [2.05, 4.69) is 15.6 Å². The topological polar surface area (TPSA) is 86.5 Å². The predicted octanol–water partition coefficient (Wildman–Crippen LogP) is 6.14. The molecule has 1 aliphatic rings. The average molecular weight is 542 g/mol. The van der Waals surface area contributed by atoms with Gasteiger partial charge in [0.15, 0.2) is 11.5 Å². The number of carboxylic acid groups (broad SMARTS) is 1. The first-order chi connectivity index (χ1) is 17.5. The van der Waals surface area contributed by atoms with Crippen LogP contribution in [0.5, 0.6) is 11.5 Å². The number of nitrogens with zero attached hydrogens (tertiary/aromatic N) is 3. The number of hydrogen-bond acceptors (Lipinski definition) is 7. The molecule has 0 radical (unpaired) electrons. The standard InChI is InChI=1S/C26H24ClN3O4S2/c1-33-20-5-3-4-17(24(20)34-2)25-18-12-15(27)6-8-19(18)30-11-10-28-26(30)21(36-25)13-22-29-14-16(35-22)7-9-23(31)32/h3-6,8,10-12,14,21,25H,7,9,13H2,1-2H3,(H,31,32)/t21-,25-/m0/s1. The molecule has 186 valence electrons. The lowest BCUT2D eigenvalue weighted by Gasteiger charge is -2.23. The molecule has 0 saturated carbocycles. The van der Waals surface area contributed by atoms with E-state index in [9.17, 15) is 4.79 Å². The van der Waals surface area contributed by atoms with Gasteiger partial charge < -0.3 is 19.1 Å². The lowest BCUT2D eigenvalue weighted by molar-refractivity contribution is -0.136. The minimum Gasteiger partial charge on any atom is -0.493 e. The zero-order valence-corrected chi connectivity index (χ0v) is 22.1. The fourth-order valence-corrected chi connectivity index (χ4v) is 7.26. The molecule has 0 unspecified atom stereocenters. The number of fused-ring (bicyclic) bond motifs is 3. The number of aliphatic carboxylic acids is 1. The normalized spacial score (nSPS) is 16.6. The maximum Gasteiger partial charge on any atom is 0.303 e. The summed E-state index contributed by atoms with van der Waals surface area (Å²) in [7, 11) is 3.29. The second kappa shape index (κ2) is 10.5. The Labute approximate surface area is 222 Å². The summed E-state index contributed by atoms with van der Waals surface area (Å²) in [5.74, 6) is 1.47. The lowest BCUT2D eigenvalue weighted by Crippen LogP contribution is -2.06. The molecule has 0 spiro atoms. The summed E-state index contributed by atoms with van der Waals surface area (Å²) in [6.07, 6.45) is 6.80. The minimum atomic E-state index is -0.808. The molecule has 36 heavy (non-hydrogen) atoms. The molecule has 2 aromatic heterocycles. The molecule has 10 heteroatoms. The van der Waals surface area contributed by atoms with E-state index in [1.54, 1.807) is 43.5 Å². The second-order valence-corrected chi connectivity index (χ2v) is 11.2. The van der Waals surface area contributed by atoms with E-state index in [0.29, 0.717) is 29.4 Å². The Hall–Kier alpha value is -3.01. The number of thioether (sulfide) groups is 1. The fourth-order valence-electron chi connectivity index (χ4n) is 4.46. The summed E-state index contributed by atoms with van der Waals surface area (Å²) in [6.45, 7) is 0. The van der Waals surface area contributed by atoms with Crippen LogP contribution in [0, 0.1) is 0 Å². The number of imidazole rings is 1. The SMILES string of the molecule is COc1cccc([C@@H]2S[C@@H](Cc3ncc(CCC(=O)O)s3)c3nccn3-c3ccc(Cl)cc32)c1OC. The molecule has 0 amide bonds. The van der Waals surface area contributed by atoms with E-state index in [4.69, 9.17) is 31.2 Å². The first kappa shape index (κ1) is 24.7. The third-order valence-corrected chi connectivity index (χ3v) is 8.85. The van der Waals surface area contributed by atoms with E-state index < -0.39 is 5.97 Å². The Morgan fingerprint density at radius 2 is 2.03 bits per heavy atom. The molecule has 2 aromatic carbocycles. The number of aromatic nitrogens is 3. The van der Waals surface area contributed by atoms with Crippen LogP contribution in [0.1, 0.15) is 43.8 Å². The number of benzene rings is 2. The van der Waals surface area contributed by atoms with E-state index in [-0.39, 0.29) is 16.9 Å². The molecule has 2 atom stereocenters. The molecule has 3 heterocycles. The smallest absolute Gasteiger partial charge is 0.303 e. The monoisotopic (exact) mass is 541 g/mol. The molecule has 4 aromatic rings. The van der Waals surface area contributed by atoms with Crippen molar-refractivity contribution in [1.29, 1.82) is 0 Å². The number of aryl methyl sites for hydroxylation is 1. The number of thiazole rings is 1. The Kier molecular flexibility index (Phi) is 7.22.